The van der Waals surface area contributed by atoms with Crippen molar-refractivity contribution in [2.45, 2.75) is 31.5 Å². The van der Waals surface area contributed by atoms with Gasteiger partial charge in [0.2, 0.25) is 5.91 Å². The van der Waals surface area contributed by atoms with Crippen molar-refractivity contribution < 1.29 is 23.1 Å². The molecule has 6 nitrogen and oxygen atoms in total. The zero-order valence-corrected chi connectivity index (χ0v) is 17.0. The summed E-state index contributed by atoms with van der Waals surface area (Å²) < 4.78 is 33.0. The van der Waals surface area contributed by atoms with Gasteiger partial charge in [-0.3, -0.25) is 14.5 Å². The Morgan fingerprint density at radius 2 is 1.90 bits per heavy atom. The van der Waals surface area contributed by atoms with Crippen LogP contribution in [0.25, 0.3) is 0 Å². The van der Waals surface area contributed by atoms with Crippen molar-refractivity contribution in [2.75, 3.05) is 18.6 Å². The molecule has 1 atom stereocenters. The van der Waals surface area contributed by atoms with Gasteiger partial charge in [0.05, 0.1) is 11.1 Å². The largest absolute Gasteiger partial charge is 0.381 e. The smallest absolute Gasteiger partial charge is 0.251 e. The predicted octanol–water partition coefficient (Wildman–Crippen LogP) is 3.18. The molecule has 1 aromatic carbocycles. The monoisotopic (exact) mass is 435 g/mol. The summed E-state index contributed by atoms with van der Waals surface area (Å²) in [5, 5.41) is 0.100. The maximum atomic E-state index is 14.4. The molecule has 1 aliphatic carbocycles. The lowest BCUT2D eigenvalue weighted by atomic mass is 9.75. The molecule has 2 fully saturated rings. The molecule has 2 aliphatic rings. The van der Waals surface area contributed by atoms with Crippen molar-refractivity contribution in [3.63, 3.8) is 0 Å². The number of halogens is 3. The van der Waals surface area contributed by atoms with Crippen molar-refractivity contribution in [2.24, 2.45) is 5.92 Å². The Morgan fingerprint density at radius 3 is 2.53 bits per heavy atom. The minimum absolute atomic E-state index is 0.0198. The lowest BCUT2D eigenvalue weighted by molar-refractivity contribution is -0.150. The number of aromatic nitrogens is 1. The molecule has 0 spiro atoms. The highest BCUT2D eigenvalue weighted by atomic mass is 35.5. The van der Waals surface area contributed by atoms with Gasteiger partial charge < -0.3 is 9.64 Å². The van der Waals surface area contributed by atoms with E-state index in [0.29, 0.717) is 18.4 Å². The highest BCUT2D eigenvalue weighted by Gasteiger charge is 2.49. The SMILES string of the molecule is CO[C@H]1C[C@H](C2C(=O)N(c3ncc(Cl)cc3F)CC(=O)N2Cc2ccc(F)cc2)C1. The van der Waals surface area contributed by atoms with E-state index in [-0.39, 0.29) is 47.7 Å². The molecule has 30 heavy (non-hydrogen) atoms. The summed E-state index contributed by atoms with van der Waals surface area (Å²) in [6.07, 6.45) is 2.49. The van der Waals surface area contributed by atoms with Gasteiger partial charge in [-0.2, -0.15) is 0 Å². The molecule has 1 unspecified atom stereocenters. The third kappa shape index (κ3) is 3.89. The van der Waals surface area contributed by atoms with E-state index in [2.05, 4.69) is 4.98 Å². The molecule has 1 aliphatic heterocycles. The van der Waals surface area contributed by atoms with E-state index in [9.17, 15) is 18.4 Å². The standard InChI is InChI=1S/C21H20ClF2N3O3/c1-30-16-6-13(7-16)19-21(29)27(20-17(24)8-14(22)9-25-20)11-18(28)26(19)10-12-2-4-15(23)5-3-12/h2-5,8-9,13,16,19H,6-7,10-11H2,1H3/t13-,16-,19?. The first-order valence-electron chi connectivity index (χ1n) is 9.56. The third-order valence-corrected chi connectivity index (χ3v) is 5.90. The fourth-order valence-corrected chi connectivity index (χ4v) is 4.17. The molecule has 2 heterocycles. The Hall–Kier alpha value is -2.58. The number of anilines is 1. The molecule has 1 saturated heterocycles. The van der Waals surface area contributed by atoms with Crippen LogP contribution in [0.3, 0.4) is 0 Å². The maximum absolute atomic E-state index is 14.4. The quantitative estimate of drug-likeness (QED) is 0.723. The summed E-state index contributed by atoms with van der Waals surface area (Å²) >= 11 is 5.77. The van der Waals surface area contributed by atoms with Crippen molar-refractivity contribution in [1.29, 1.82) is 0 Å². The highest BCUT2D eigenvalue weighted by Crippen LogP contribution is 2.38. The van der Waals surface area contributed by atoms with Gasteiger partial charge in [-0.15, -0.1) is 0 Å². The van der Waals surface area contributed by atoms with Crippen molar-refractivity contribution in [3.05, 3.63) is 58.7 Å². The second kappa shape index (κ2) is 8.28. The fourth-order valence-electron chi connectivity index (χ4n) is 4.02. The molecule has 158 valence electrons. The number of carbonyl (C=O) groups excluding carboxylic acids is 2. The van der Waals surface area contributed by atoms with E-state index in [1.165, 1.54) is 23.2 Å². The van der Waals surface area contributed by atoms with E-state index in [1.807, 2.05) is 0 Å². The number of hydrogen-bond acceptors (Lipinski definition) is 4. The number of hydrogen-bond donors (Lipinski definition) is 0. The van der Waals surface area contributed by atoms with Crippen molar-refractivity contribution in [3.8, 4) is 0 Å². The van der Waals surface area contributed by atoms with Gasteiger partial charge in [-0.1, -0.05) is 23.7 Å². The summed E-state index contributed by atoms with van der Waals surface area (Å²) in [6, 6.07) is 6.06. The lowest BCUT2D eigenvalue weighted by Gasteiger charge is -2.47. The molecule has 1 aromatic heterocycles. The second-order valence-electron chi connectivity index (χ2n) is 7.57. The lowest BCUT2D eigenvalue weighted by Crippen LogP contribution is -2.64. The first-order valence-corrected chi connectivity index (χ1v) is 9.94. The van der Waals surface area contributed by atoms with E-state index in [0.717, 1.165) is 11.0 Å². The summed E-state index contributed by atoms with van der Waals surface area (Å²) in [5.41, 5.74) is 0.703. The Labute approximate surface area is 177 Å². The van der Waals surface area contributed by atoms with E-state index in [1.54, 1.807) is 19.2 Å². The average molecular weight is 436 g/mol. The number of nitrogens with zero attached hydrogens (tertiary/aromatic N) is 3. The molecule has 0 radical (unpaired) electrons. The van der Waals surface area contributed by atoms with Crippen LogP contribution in [0.5, 0.6) is 0 Å². The van der Waals surface area contributed by atoms with Gasteiger partial charge in [0.1, 0.15) is 18.4 Å². The van der Waals surface area contributed by atoms with E-state index < -0.39 is 17.8 Å². The number of amides is 2. The Balaban J connectivity index is 1.64. The van der Waals surface area contributed by atoms with Gasteiger partial charge in [0.15, 0.2) is 11.6 Å². The number of piperazine rings is 1. The second-order valence-corrected chi connectivity index (χ2v) is 8.00. The summed E-state index contributed by atoms with van der Waals surface area (Å²) in [6.45, 7) is -0.170. The molecule has 9 heteroatoms. The van der Waals surface area contributed by atoms with Crippen LogP contribution in [-0.4, -0.2) is 47.5 Å². The van der Waals surface area contributed by atoms with Crippen LogP contribution in [0.2, 0.25) is 5.02 Å². The molecule has 4 rings (SSSR count). The van der Waals surface area contributed by atoms with Crippen LogP contribution in [0.15, 0.2) is 36.5 Å². The molecule has 0 N–H and O–H groups in total. The van der Waals surface area contributed by atoms with Crippen LogP contribution in [0.4, 0.5) is 14.6 Å². The molecule has 2 amide bonds. The number of pyridine rings is 1. The van der Waals surface area contributed by atoms with Crippen LogP contribution < -0.4 is 4.90 Å². The summed E-state index contributed by atoms with van der Waals surface area (Å²) in [5.74, 6) is -2.21. The zero-order valence-electron chi connectivity index (χ0n) is 16.2. The molecular weight excluding hydrogens is 416 g/mol. The van der Waals surface area contributed by atoms with Gasteiger partial charge in [-0.25, -0.2) is 13.8 Å². The zero-order chi connectivity index (χ0) is 21.4. The molecular formula is C21H20ClF2N3O3. The topological polar surface area (TPSA) is 62.7 Å². The average Bonchev–Trinajstić information content (AvgIpc) is 2.67. The Morgan fingerprint density at radius 1 is 1.20 bits per heavy atom. The van der Waals surface area contributed by atoms with Crippen LogP contribution in [0, 0.1) is 17.6 Å². The highest BCUT2D eigenvalue weighted by molar-refractivity contribution is 6.30. The van der Waals surface area contributed by atoms with Gasteiger partial charge in [0.25, 0.3) is 5.91 Å². The Bertz CT molecular complexity index is 966. The number of benzene rings is 1. The molecule has 2 aromatic rings. The number of rotatable bonds is 5. The van der Waals surface area contributed by atoms with Crippen LogP contribution in [-0.2, 0) is 20.9 Å². The van der Waals surface area contributed by atoms with Crippen molar-refractivity contribution >= 4 is 29.2 Å². The normalized spacial score (nSPS) is 24.2. The predicted molar refractivity (Wildman–Crippen MR) is 106 cm³/mol. The van der Waals surface area contributed by atoms with E-state index in [4.69, 9.17) is 16.3 Å². The fraction of sp³-hybridized carbons (Fsp3) is 0.381. The minimum atomic E-state index is -0.778. The number of ether oxygens (including phenoxy) is 1. The number of carbonyl (C=O) groups is 2. The van der Waals surface area contributed by atoms with E-state index >= 15 is 0 Å². The summed E-state index contributed by atoms with van der Waals surface area (Å²) in [4.78, 5) is 32.9. The Kier molecular flexibility index (Phi) is 5.71. The van der Waals surface area contributed by atoms with Crippen LogP contribution >= 0.6 is 11.6 Å². The maximum Gasteiger partial charge on any atom is 0.251 e. The minimum Gasteiger partial charge on any atom is -0.381 e. The first kappa shape index (κ1) is 20.7. The molecule has 1 saturated carbocycles. The molecule has 0 bridgehead atoms. The van der Waals surface area contributed by atoms with Crippen molar-refractivity contribution in [1.82, 2.24) is 9.88 Å². The summed E-state index contributed by atoms with van der Waals surface area (Å²) in [7, 11) is 1.60. The van der Waals surface area contributed by atoms with Crippen LogP contribution in [0.1, 0.15) is 18.4 Å². The number of methoxy groups -OCH3 is 1. The van der Waals surface area contributed by atoms with Gasteiger partial charge >= 0.3 is 0 Å². The first-order chi connectivity index (χ1) is 14.4. The third-order valence-electron chi connectivity index (χ3n) is 5.69. The van der Waals surface area contributed by atoms with Gasteiger partial charge in [-0.05, 0) is 42.5 Å². The van der Waals surface area contributed by atoms with Gasteiger partial charge in [0, 0.05) is 19.9 Å².